The first-order valence-electron chi connectivity index (χ1n) is 4.79. The molecule has 0 aliphatic heterocycles. The van der Waals surface area contributed by atoms with E-state index in [1.807, 2.05) is 0 Å². The van der Waals surface area contributed by atoms with Crippen LogP contribution in [-0.4, -0.2) is 41.1 Å². The van der Waals surface area contributed by atoms with E-state index in [4.69, 9.17) is 9.47 Å². The fraction of sp³-hybridized carbons (Fsp3) is 0.667. The number of methoxy groups -OCH3 is 1. The first-order valence-corrected chi connectivity index (χ1v) is 4.79. The van der Waals surface area contributed by atoms with Gasteiger partial charge in [0.15, 0.2) is 0 Å². The van der Waals surface area contributed by atoms with Crippen LogP contribution in [0.25, 0.3) is 0 Å². The van der Waals surface area contributed by atoms with Gasteiger partial charge in [0.1, 0.15) is 18.6 Å². The van der Waals surface area contributed by atoms with E-state index in [1.165, 1.54) is 0 Å². The molecule has 0 spiro atoms. The van der Waals surface area contributed by atoms with E-state index in [1.54, 1.807) is 24.9 Å². The summed E-state index contributed by atoms with van der Waals surface area (Å²) >= 11 is 0. The Bertz CT molecular complexity index is 311. The molecule has 1 aromatic heterocycles. The van der Waals surface area contributed by atoms with Crippen molar-refractivity contribution in [3.63, 3.8) is 0 Å². The van der Waals surface area contributed by atoms with Gasteiger partial charge in [0.2, 0.25) is 0 Å². The molecule has 0 radical (unpaired) electrons. The monoisotopic (exact) mass is 213 g/mol. The fourth-order valence-electron chi connectivity index (χ4n) is 1.13. The van der Waals surface area contributed by atoms with Gasteiger partial charge in [0, 0.05) is 13.7 Å². The molecule has 0 aliphatic rings. The molecule has 1 aromatic rings. The number of rotatable bonds is 6. The van der Waals surface area contributed by atoms with Crippen molar-refractivity contribution < 1.29 is 14.3 Å². The van der Waals surface area contributed by atoms with E-state index in [2.05, 4.69) is 10.2 Å². The highest BCUT2D eigenvalue weighted by molar-refractivity contribution is 5.71. The van der Waals surface area contributed by atoms with E-state index in [0.717, 1.165) is 0 Å². The Morgan fingerprint density at radius 3 is 3.07 bits per heavy atom. The summed E-state index contributed by atoms with van der Waals surface area (Å²) in [5.74, 6) is 0.315. The second-order valence-corrected chi connectivity index (χ2v) is 2.92. The summed E-state index contributed by atoms with van der Waals surface area (Å²) in [6, 6.07) is 0. The molecule has 1 heterocycles. The first kappa shape index (κ1) is 11.6. The molecule has 0 aromatic carbocycles. The van der Waals surface area contributed by atoms with Gasteiger partial charge in [-0.2, -0.15) is 0 Å². The normalized spacial score (nSPS) is 10.3. The van der Waals surface area contributed by atoms with Gasteiger partial charge in [-0.1, -0.05) is 0 Å². The molecule has 0 saturated heterocycles. The number of nitrogens with zero attached hydrogens (tertiary/aromatic N) is 3. The van der Waals surface area contributed by atoms with E-state index >= 15 is 0 Å². The molecule has 0 N–H and O–H groups in total. The van der Waals surface area contributed by atoms with Gasteiger partial charge >= 0.3 is 5.97 Å². The number of carbonyl (C=O) groups excluding carboxylic acids is 1. The quantitative estimate of drug-likeness (QED) is 0.624. The fourth-order valence-corrected chi connectivity index (χ4v) is 1.13. The molecule has 0 atom stereocenters. The Morgan fingerprint density at radius 1 is 1.60 bits per heavy atom. The molecule has 84 valence electrons. The second kappa shape index (κ2) is 6.13. The Kier molecular flexibility index (Phi) is 4.76. The summed E-state index contributed by atoms with van der Waals surface area (Å²) in [7, 11) is 1.62. The lowest BCUT2D eigenvalue weighted by Crippen LogP contribution is -2.14. The van der Waals surface area contributed by atoms with Gasteiger partial charge in [-0.15, -0.1) is 10.2 Å². The molecule has 6 nitrogen and oxygen atoms in total. The van der Waals surface area contributed by atoms with Crippen LogP contribution in [0.15, 0.2) is 6.33 Å². The summed E-state index contributed by atoms with van der Waals surface area (Å²) in [4.78, 5) is 11.2. The zero-order valence-electron chi connectivity index (χ0n) is 8.97. The summed E-state index contributed by atoms with van der Waals surface area (Å²) < 4.78 is 11.5. The lowest BCUT2D eigenvalue weighted by molar-refractivity contribution is -0.142. The van der Waals surface area contributed by atoms with Gasteiger partial charge in [0.05, 0.1) is 13.2 Å². The molecule has 0 bridgehead atoms. The van der Waals surface area contributed by atoms with Crippen LogP contribution in [0, 0.1) is 0 Å². The highest BCUT2D eigenvalue weighted by Crippen LogP contribution is 1.98. The topological polar surface area (TPSA) is 66.2 Å². The third-order valence-electron chi connectivity index (χ3n) is 1.84. The predicted molar refractivity (Wildman–Crippen MR) is 52.2 cm³/mol. The van der Waals surface area contributed by atoms with Crippen LogP contribution >= 0.6 is 0 Å². The molecular formula is C9H15N3O3. The number of esters is 1. The lowest BCUT2D eigenvalue weighted by Gasteiger charge is -2.05. The molecule has 1 rings (SSSR count). The standard InChI is InChI=1S/C9H15N3O3/c1-3-15-9(13)6-8-11-10-7-12(8)4-5-14-2/h7H,3-6H2,1-2H3. The lowest BCUT2D eigenvalue weighted by atomic mass is 10.4. The second-order valence-electron chi connectivity index (χ2n) is 2.92. The van der Waals surface area contributed by atoms with Gasteiger partial charge in [-0.3, -0.25) is 4.79 Å². The number of carbonyl (C=O) groups is 1. The van der Waals surface area contributed by atoms with Gasteiger partial charge in [0.25, 0.3) is 0 Å². The Balaban J connectivity index is 2.52. The van der Waals surface area contributed by atoms with Crippen LogP contribution in [0.5, 0.6) is 0 Å². The molecule has 0 fully saturated rings. The SMILES string of the molecule is CCOC(=O)Cc1nncn1CCOC. The number of hydrogen-bond acceptors (Lipinski definition) is 5. The van der Waals surface area contributed by atoms with E-state index in [-0.39, 0.29) is 12.4 Å². The summed E-state index contributed by atoms with van der Waals surface area (Å²) in [6.45, 7) is 3.35. The molecule has 0 saturated carbocycles. The van der Waals surface area contributed by atoms with Crippen molar-refractivity contribution in [2.75, 3.05) is 20.3 Å². The zero-order valence-corrected chi connectivity index (χ0v) is 8.97. The van der Waals surface area contributed by atoms with Crippen molar-refractivity contribution in [3.05, 3.63) is 12.2 Å². The van der Waals surface area contributed by atoms with Gasteiger partial charge in [-0.05, 0) is 6.92 Å². The zero-order chi connectivity index (χ0) is 11.1. The minimum absolute atomic E-state index is 0.150. The van der Waals surface area contributed by atoms with Crippen molar-refractivity contribution in [3.8, 4) is 0 Å². The molecule has 0 aliphatic carbocycles. The van der Waals surface area contributed by atoms with Gasteiger partial charge < -0.3 is 14.0 Å². The molecule has 0 unspecified atom stereocenters. The minimum Gasteiger partial charge on any atom is -0.466 e. The van der Waals surface area contributed by atoms with Crippen LogP contribution in [0.2, 0.25) is 0 Å². The maximum absolute atomic E-state index is 11.2. The average Bonchev–Trinajstić information content (AvgIpc) is 2.63. The van der Waals surface area contributed by atoms with Crippen LogP contribution in [-0.2, 0) is 27.2 Å². The largest absolute Gasteiger partial charge is 0.466 e. The summed E-state index contributed by atoms with van der Waals surface area (Å²) in [5.41, 5.74) is 0. The summed E-state index contributed by atoms with van der Waals surface area (Å²) in [6.07, 6.45) is 1.73. The van der Waals surface area contributed by atoms with Crippen molar-refractivity contribution in [2.24, 2.45) is 0 Å². The van der Waals surface area contributed by atoms with Gasteiger partial charge in [-0.25, -0.2) is 0 Å². The van der Waals surface area contributed by atoms with Crippen LogP contribution in [0.4, 0.5) is 0 Å². The third-order valence-corrected chi connectivity index (χ3v) is 1.84. The van der Waals surface area contributed by atoms with E-state index in [9.17, 15) is 4.79 Å². The predicted octanol–water partition coefficient (Wildman–Crippen LogP) is 0.0301. The molecule has 6 heteroatoms. The van der Waals surface area contributed by atoms with Crippen molar-refractivity contribution >= 4 is 5.97 Å². The smallest absolute Gasteiger partial charge is 0.313 e. The number of aromatic nitrogens is 3. The maximum Gasteiger partial charge on any atom is 0.313 e. The number of ether oxygens (including phenoxy) is 2. The van der Waals surface area contributed by atoms with E-state index in [0.29, 0.717) is 25.6 Å². The highest BCUT2D eigenvalue weighted by Gasteiger charge is 2.10. The number of hydrogen-bond donors (Lipinski definition) is 0. The first-order chi connectivity index (χ1) is 7.27. The van der Waals surface area contributed by atoms with Crippen molar-refractivity contribution in [1.29, 1.82) is 0 Å². The van der Waals surface area contributed by atoms with Crippen LogP contribution < -0.4 is 0 Å². The van der Waals surface area contributed by atoms with Crippen LogP contribution in [0.3, 0.4) is 0 Å². The Labute approximate surface area is 88.2 Å². The Morgan fingerprint density at radius 2 is 2.40 bits per heavy atom. The van der Waals surface area contributed by atoms with Crippen molar-refractivity contribution in [2.45, 2.75) is 19.9 Å². The molecule has 15 heavy (non-hydrogen) atoms. The van der Waals surface area contributed by atoms with E-state index < -0.39 is 0 Å². The van der Waals surface area contributed by atoms with Crippen LogP contribution in [0.1, 0.15) is 12.7 Å². The minimum atomic E-state index is -0.288. The molecule has 0 amide bonds. The van der Waals surface area contributed by atoms with Crippen molar-refractivity contribution in [1.82, 2.24) is 14.8 Å². The molecular weight excluding hydrogens is 198 g/mol. The maximum atomic E-state index is 11.2. The third kappa shape index (κ3) is 3.67. The average molecular weight is 213 g/mol. The Hall–Kier alpha value is -1.43. The summed E-state index contributed by atoms with van der Waals surface area (Å²) in [5, 5.41) is 7.59. The highest BCUT2D eigenvalue weighted by atomic mass is 16.5.